The van der Waals surface area contributed by atoms with Crippen molar-refractivity contribution in [1.82, 2.24) is 0 Å². The molecule has 78 valence electrons. The van der Waals surface area contributed by atoms with Gasteiger partial charge in [0.1, 0.15) is 6.29 Å². The summed E-state index contributed by atoms with van der Waals surface area (Å²) in [6.45, 7) is 0. The number of allylic oxidation sites excluding steroid dienone is 2. The van der Waals surface area contributed by atoms with Gasteiger partial charge in [0.05, 0.1) is 10.0 Å². The highest BCUT2D eigenvalue weighted by atomic mass is 35.5. The van der Waals surface area contributed by atoms with Crippen molar-refractivity contribution in [2.75, 3.05) is 0 Å². The Labute approximate surface area is 98.7 Å². The molecule has 1 aliphatic carbocycles. The van der Waals surface area contributed by atoms with Crippen LogP contribution in [-0.2, 0) is 4.79 Å². The zero-order valence-corrected chi connectivity index (χ0v) is 9.50. The van der Waals surface area contributed by atoms with Crippen LogP contribution in [-0.4, -0.2) is 6.29 Å². The highest BCUT2D eigenvalue weighted by Crippen LogP contribution is 2.49. The molecule has 0 bridgehead atoms. The minimum atomic E-state index is 0.479. The van der Waals surface area contributed by atoms with E-state index in [-0.39, 0.29) is 0 Å². The van der Waals surface area contributed by atoms with E-state index in [2.05, 4.69) is 0 Å². The van der Waals surface area contributed by atoms with Crippen LogP contribution in [0.5, 0.6) is 0 Å². The number of hydrogen-bond donors (Lipinski definition) is 0. The Bertz CT molecular complexity index is 412. The summed E-state index contributed by atoms with van der Waals surface area (Å²) in [6, 6.07) is 5.72. The Balaban J connectivity index is 2.10. The van der Waals surface area contributed by atoms with E-state index in [1.54, 1.807) is 6.08 Å². The molecule has 0 saturated heterocycles. The molecule has 0 amide bonds. The molecule has 1 aliphatic rings. The molecule has 2 atom stereocenters. The highest BCUT2D eigenvalue weighted by molar-refractivity contribution is 6.42. The van der Waals surface area contributed by atoms with Gasteiger partial charge < -0.3 is 0 Å². The Morgan fingerprint density at radius 3 is 2.73 bits per heavy atom. The summed E-state index contributed by atoms with van der Waals surface area (Å²) in [5.41, 5.74) is 1.20. The number of halogens is 2. The first-order chi connectivity index (χ1) is 7.22. The molecule has 1 aromatic carbocycles. The van der Waals surface area contributed by atoms with Gasteiger partial charge in [-0.25, -0.2) is 0 Å². The topological polar surface area (TPSA) is 17.1 Å². The van der Waals surface area contributed by atoms with Crippen LogP contribution in [0.25, 0.3) is 0 Å². The van der Waals surface area contributed by atoms with Crippen molar-refractivity contribution in [2.24, 2.45) is 5.92 Å². The molecule has 2 rings (SSSR count). The number of carbonyl (C=O) groups excluding carboxylic acids is 1. The number of hydrogen-bond acceptors (Lipinski definition) is 1. The van der Waals surface area contributed by atoms with Gasteiger partial charge in [0.15, 0.2) is 0 Å². The molecule has 0 aromatic heterocycles. The second kappa shape index (κ2) is 4.38. The van der Waals surface area contributed by atoms with Crippen molar-refractivity contribution >= 4 is 29.5 Å². The Morgan fingerprint density at radius 1 is 1.27 bits per heavy atom. The summed E-state index contributed by atoms with van der Waals surface area (Å²) in [6.07, 6.45) is 5.40. The van der Waals surface area contributed by atoms with E-state index < -0.39 is 0 Å². The predicted octanol–water partition coefficient (Wildman–Crippen LogP) is 3.85. The second-order valence-electron chi connectivity index (χ2n) is 3.70. The second-order valence-corrected chi connectivity index (χ2v) is 4.51. The molecule has 1 fully saturated rings. The van der Waals surface area contributed by atoms with Gasteiger partial charge in [-0.1, -0.05) is 35.3 Å². The molecule has 3 heteroatoms. The monoisotopic (exact) mass is 240 g/mol. The molecule has 15 heavy (non-hydrogen) atoms. The van der Waals surface area contributed by atoms with Crippen LogP contribution in [0.3, 0.4) is 0 Å². The molecular weight excluding hydrogens is 231 g/mol. The van der Waals surface area contributed by atoms with Gasteiger partial charge in [-0.15, -0.1) is 0 Å². The average Bonchev–Trinajstić information content (AvgIpc) is 2.98. The van der Waals surface area contributed by atoms with Crippen LogP contribution in [0.2, 0.25) is 10.0 Å². The van der Waals surface area contributed by atoms with Crippen molar-refractivity contribution in [2.45, 2.75) is 12.3 Å². The third-order valence-corrected chi connectivity index (χ3v) is 3.39. The molecule has 0 aliphatic heterocycles. The lowest BCUT2D eigenvalue weighted by Crippen LogP contribution is -1.82. The van der Waals surface area contributed by atoms with Gasteiger partial charge in [0, 0.05) is 0 Å². The van der Waals surface area contributed by atoms with Crippen molar-refractivity contribution in [1.29, 1.82) is 0 Å². The van der Waals surface area contributed by atoms with E-state index in [4.69, 9.17) is 23.2 Å². The van der Waals surface area contributed by atoms with Gasteiger partial charge in [-0.3, -0.25) is 4.79 Å². The minimum absolute atomic E-state index is 0.479. The highest BCUT2D eigenvalue weighted by Gasteiger charge is 2.36. The molecule has 1 nitrogen and oxygen atoms in total. The molecule has 1 aromatic rings. The lowest BCUT2D eigenvalue weighted by atomic mass is 10.1. The first-order valence-corrected chi connectivity index (χ1v) is 5.55. The van der Waals surface area contributed by atoms with E-state index in [0.717, 1.165) is 12.7 Å². The fourth-order valence-corrected chi connectivity index (χ4v) is 2.05. The van der Waals surface area contributed by atoms with Crippen LogP contribution >= 0.6 is 23.2 Å². The molecular formula is C12H10Cl2O. The maximum absolute atomic E-state index is 10.2. The number of rotatable bonds is 3. The summed E-state index contributed by atoms with van der Waals surface area (Å²) >= 11 is 11.8. The molecule has 0 spiro atoms. The van der Waals surface area contributed by atoms with Crippen LogP contribution in [0.4, 0.5) is 0 Å². The van der Waals surface area contributed by atoms with E-state index in [1.165, 1.54) is 5.56 Å². The van der Waals surface area contributed by atoms with Gasteiger partial charge in [0.2, 0.25) is 0 Å². The zero-order chi connectivity index (χ0) is 10.8. The van der Waals surface area contributed by atoms with E-state index >= 15 is 0 Å². The Kier molecular flexibility index (Phi) is 3.13. The summed E-state index contributed by atoms with van der Waals surface area (Å²) in [7, 11) is 0. The van der Waals surface area contributed by atoms with Gasteiger partial charge in [0.25, 0.3) is 0 Å². The summed E-state index contributed by atoms with van der Waals surface area (Å²) in [4.78, 5) is 10.2. The fraction of sp³-hybridized carbons (Fsp3) is 0.250. The molecule has 1 saturated carbocycles. The molecule has 0 radical (unpaired) electrons. The SMILES string of the molecule is O=CC=C[C@@H]1C[C@H]1c1ccc(Cl)c(Cl)c1. The normalized spacial score (nSPS) is 24.4. The Morgan fingerprint density at radius 2 is 2.07 bits per heavy atom. The largest absolute Gasteiger partial charge is 0.299 e. The third-order valence-electron chi connectivity index (χ3n) is 2.65. The lowest BCUT2D eigenvalue weighted by molar-refractivity contribution is -0.104. The number of carbonyl (C=O) groups is 1. The van der Waals surface area contributed by atoms with E-state index in [1.807, 2.05) is 24.3 Å². The zero-order valence-electron chi connectivity index (χ0n) is 7.99. The number of aldehydes is 1. The third kappa shape index (κ3) is 2.42. The first-order valence-electron chi connectivity index (χ1n) is 4.79. The quantitative estimate of drug-likeness (QED) is 0.580. The van der Waals surface area contributed by atoms with Gasteiger partial charge in [-0.05, 0) is 42.0 Å². The first kappa shape index (κ1) is 10.7. The number of benzene rings is 1. The van der Waals surface area contributed by atoms with Crippen molar-refractivity contribution in [3.05, 3.63) is 46.0 Å². The smallest absolute Gasteiger partial charge is 0.142 e. The predicted molar refractivity (Wildman–Crippen MR) is 62.5 cm³/mol. The fourth-order valence-electron chi connectivity index (χ4n) is 1.74. The van der Waals surface area contributed by atoms with Crippen molar-refractivity contribution in [3.63, 3.8) is 0 Å². The average molecular weight is 241 g/mol. The summed E-state index contributed by atoms with van der Waals surface area (Å²) < 4.78 is 0. The molecule has 0 heterocycles. The van der Waals surface area contributed by atoms with Crippen LogP contribution < -0.4 is 0 Å². The summed E-state index contributed by atoms with van der Waals surface area (Å²) in [5, 5.41) is 1.18. The van der Waals surface area contributed by atoms with Gasteiger partial charge in [-0.2, -0.15) is 0 Å². The molecule has 0 unspecified atom stereocenters. The standard InChI is InChI=1S/C12H10Cl2O/c13-11-4-3-9(7-12(11)14)10-6-8(10)2-1-5-15/h1-5,7-8,10H,6H2/t8-,10-/m1/s1. The van der Waals surface area contributed by atoms with Gasteiger partial charge >= 0.3 is 0 Å². The summed E-state index contributed by atoms with van der Waals surface area (Å²) in [5.74, 6) is 0.975. The van der Waals surface area contributed by atoms with Crippen LogP contribution in [0, 0.1) is 5.92 Å². The van der Waals surface area contributed by atoms with Crippen LogP contribution in [0.15, 0.2) is 30.4 Å². The van der Waals surface area contributed by atoms with Crippen molar-refractivity contribution in [3.8, 4) is 0 Å². The van der Waals surface area contributed by atoms with Crippen LogP contribution in [0.1, 0.15) is 17.9 Å². The maximum Gasteiger partial charge on any atom is 0.142 e. The van der Waals surface area contributed by atoms with Crippen molar-refractivity contribution < 1.29 is 4.79 Å². The Hall–Kier alpha value is -0.790. The van der Waals surface area contributed by atoms with E-state index in [9.17, 15) is 4.79 Å². The minimum Gasteiger partial charge on any atom is -0.299 e. The lowest BCUT2D eigenvalue weighted by Gasteiger charge is -2.00. The van der Waals surface area contributed by atoms with E-state index in [0.29, 0.717) is 21.9 Å². The molecule has 0 N–H and O–H groups in total. The maximum atomic E-state index is 10.2.